The number of hydrogen-bond acceptors (Lipinski definition) is 4. The maximum Gasteiger partial charge on any atom is 0.264 e. The number of carbonyl (C=O) groups excluding carboxylic acids is 2. The first kappa shape index (κ1) is 34.2. The molecule has 0 unspecified atom stereocenters. The van der Waals surface area contributed by atoms with Gasteiger partial charge in [0.2, 0.25) is 11.8 Å². The van der Waals surface area contributed by atoms with E-state index in [2.05, 4.69) is 21.2 Å². The second kappa shape index (κ2) is 15.6. The third kappa shape index (κ3) is 9.42. The number of amides is 2. The van der Waals surface area contributed by atoms with Crippen molar-refractivity contribution in [3.05, 3.63) is 129 Å². The van der Waals surface area contributed by atoms with Gasteiger partial charge in [-0.1, -0.05) is 102 Å². The minimum atomic E-state index is -4.20. The van der Waals surface area contributed by atoms with Crippen LogP contribution in [-0.4, -0.2) is 44.3 Å². The molecular formula is C35H37BrClN3O4S. The van der Waals surface area contributed by atoms with Gasteiger partial charge in [-0.05, 0) is 72.5 Å². The second-order valence-electron chi connectivity index (χ2n) is 11.3. The van der Waals surface area contributed by atoms with Crippen molar-refractivity contribution in [1.29, 1.82) is 0 Å². The van der Waals surface area contributed by atoms with Gasteiger partial charge in [-0.25, -0.2) is 8.42 Å². The molecule has 4 aromatic rings. The molecule has 10 heteroatoms. The fraction of sp³-hybridized carbons (Fsp3) is 0.257. The summed E-state index contributed by atoms with van der Waals surface area (Å²) in [6, 6.07) is 28.8. The summed E-state index contributed by atoms with van der Waals surface area (Å²) in [6.07, 6.45) is 0.251. The molecule has 4 rings (SSSR count). The third-order valence-corrected chi connectivity index (χ3v) is 9.79. The molecule has 236 valence electrons. The van der Waals surface area contributed by atoms with Gasteiger partial charge in [0.15, 0.2) is 0 Å². The molecule has 0 heterocycles. The van der Waals surface area contributed by atoms with Gasteiger partial charge in [-0.2, -0.15) is 0 Å². The highest BCUT2D eigenvalue weighted by molar-refractivity contribution is 9.10. The van der Waals surface area contributed by atoms with E-state index in [0.717, 1.165) is 25.5 Å². The standard InChI is InChI=1S/C35H37BrClN3O4S/c1-25(2)22-38-35(42)33(21-27-7-5-4-6-8-27)39(23-28-11-13-29(36)14-12-28)34(41)24-40(31-17-9-26(3)10-18-31)45(43,44)32-19-15-30(37)16-20-32/h4-20,25,33H,21-24H2,1-3H3,(H,38,42)/t33-/m0/s1. The van der Waals surface area contributed by atoms with Gasteiger partial charge in [0, 0.05) is 29.0 Å². The van der Waals surface area contributed by atoms with E-state index in [1.54, 1.807) is 24.3 Å². The van der Waals surface area contributed by atoms with E-state index in [1.807, 2.05) is 75.4 Å². The van der Waals surface area contributed by atoms with E-state index in [0.29, 0.717) is 17.3 Å². The maximum atomic E-state index is 14.5. The molecule has 45 heavy (non-hydrogen) atoms. The number of benzene rings is 4. The van der Waals surface area contributed by atoms with Gasteiger partial charge >= 0.3 is 0 Å². The molecule has 0 aromatic heterocycles. The van der Waals surface area contributed by atoms with Crippen molar-refractivity contribution < 1.29 is 18.0 Å². The Hall–Kier alpha value is -3.66. The predicted molar refractivity (Wildman–Crippen MR) is 184 cm³/mol. The third-order valence-electron chi connectivity index (χ3n) is 7.22. The zero-order valence-corrected chi connectivity index (χ0v) is 28.6. The Morgan fingerprint density at radius 1 is 0.844 bits per heavy atom. The van der Waals surface area contributed by atoms with E-state index in [1.165, 1.54) is 29.2 Å². The Balaban J connectivity index is 1.79. The number of rotatable bonds is 13. The minimum Gasteiger partial charge on any atom is -0.354 e. The van der Waals surface area contributed by atoms with Crippen molar-refractivity contribution in [1.82, 2.24) is 10.2 Å². The van der Waals surface area contributed by atoms with Gasteiger partial charge < -0.3 is 10.2 Å². The van der Waals surface area contributed by atoms with Gasteiger partial charge in [0.1, 0.15) is 12.6 Å². The molecule has 0 saturated carbocycles. The Kier molecular flexibility index (Phi) is 11.8. The minimum absolute atomic E-state index is 0.00440. The van der Waals surface area contributed by atoms with E-state index in [4.69, 9.17) is 11.6 Å². The van der Waals surface area contributed by atoms with Crippen LogP contribution in [0.2, 0.25) is 5.02 Å². The number of carbonyl (C=O) groups is 2. The number of aryl methyl sites for hydroxylation is 1. The highest BCUT2D eigenvalue weighted by Crippen LogP contribution is 2.26. The van der Waals surface area contributed by atoms with Crippen molar-refractivity contribution in [2.24, 2.45) is 5.92 Å². The number of halogens is 2. The molecule has 1 N–H and O–H groups in total. The molecule has 0 radical (unpaired) electrons. The van der Waals surface area contributed by atoms with Crippen molar-refractivity contribution in [2.75, 3.05) is 17.4 Å². The van der Waals surface area contributed by atoms with Gasteiger partial charge in [0.25, 0.3) is 10.0 Å². The SMILES string of the molecule is Cc1ccc(N(CC(=O)N(Cc2ccc(Br)cc2)[C@@H](Cc2ccccc2)C(=O)NCC(C)C)S(=O)(=O)c2ccc(Cl)cc2)cc1. The zero-order chi connectivity index (χ0) is 32.6. The first-order chi connectivity index (χ1) is 21.4. The molecule has 0 fully saturated rings. The maximum absolute atomic E-state index is 14.5. The fourth-order valence-corrected chi connectivity index (χ4v) is 6.54. The lowest BCUT2D eigenvalue weighted by atomic mass is 10.0. The predicted octanol–water partition coefficient (Wildman–Crippen LogP) is 7.02. The van der Waals surface area contributed by atoms with Gasteiger partial charge in [0.05, 0.1) is 10.6 Å². The molecule has 1 atom stereocenters. The van der Waals surface area contributed by atoms with Gasteiger partial charge in [-0.3, -0.25) is 13.9 Å². The number of anilines is 1. The number of nitrogens with zero attached hydrogens (tertiary/aromatic N) is 2. The Labute approximate surface area is 279 Å². The van der Waals surface area contributed by atoms with Crippen LogP contribution in [0.15, 0.2) is 112 Å². The smallest absolute Gasteiger partial charge is 0.264 e. The summed E-state index contributed by atoms with van der Waals surface area (Å²) in [5, 5.41) is 3.39. The summed E-state index contributed by atoms with van der Waals surface area (Å²) in [6.45, 7) is 5.91. The molecule has 0 saturated heterocycles. The topological polar surface area (TPSA) is 86.8 Å². The summed E-state index contributed by atoms with van der Waals surface area (Å²) >= 11 is 9.51. The Morgan fingerprint density at radius 2 is 1.47 bits per heavy atom. The summed E-state index contributed by atoms with van der Waals surface area (Å²) in [5.74, 6) is -0.624. The van der Waals surface area contributed by atoms with Crippen molar-refractivity contribution in [2.45, 2.75) is 44.7 Å². The van der Waals surface area contributed by atoms with Crippen LogP contribution in [-0.2, 0) is 32.6 Å². The summed E-state index contributed by atoms with van der Waals surface area (Å²) in [5.41, 5.74) is 2.94. The second-order valence-corrected chi connectivity index (χ2v) is 14.5. The number of hydrogen-bond donors (Lipinski definition) is 1. The largest absolute Gasteiger partial charge is 0.354 e. The first-order valence-electron chi connectivity index (χ1n) is 14.6. The van der Waals surface area contributed by atoms with Crippen LogP contribution in [0, 0.1) is 12.8 Å². The monoisotopic (exact) mass is 709 g/mol. The average Bonchev–Trinajstić information content (AvgIpc) is 3.02. The molecule has 0 aliphatic heterocycles. The van der Waals surface area contributed by atoms with Crippen LogP contribution in [0.4, 0.5) is 5.69 Å². The van der Waals surface area contributed by atoms with E-state index in [9.17, 15) is 18.0 Å². The van der Waals surface area contributed by atoms with Gasteiger partial charge in [-0.15, -0.1) is 0 Å². The van der Waals surface area contributed by atoms with Crippen molar-refractivity contribution >= 4 is 55.1 Å². The molecule has 0 bridgehead atoms. The Bertz CT molecular complexity index is 1680. The zero-order valence-electron chi connectivity index (χ0n) is 25.5. The lowest BCUT2D eigenvalue weighted by Crippen LogP contribution is -2.53. The van der Waals surface area contributed by atoms with Crippen molar-refractivity contribution in [3.63, 3.8) is 0 Å². The summed E-state index contributed by atoms with van der Waals surface area (Å²) in [7, 11) is -4.20. The molecule has 0 aliphatic rings. The van der Waals surface area contributed by atoms with Crippen LogP contribution >= 0.6 is 27.5 Å². The molecular weight excluding hydrogens is 674 g/mol. The molecule has 0 spiro atoms. The van der Waals surface area contributed by atoms with E-state index >= 15 is 0 Å². The quantitative estimate of drug-likeness (QED) is 0.162. The summed E-state index contributed by atoms with van der Waals surface area (Å²) in [4.78, 5) is 29.8. The first-order valence-corrected chi connectivity index (χ1v) is 17.3. The van der Waals surface area contributed by atoms with Crippen molar-refractivity contribution in [3.8, 4) is 0 Å². The summed E-state index contributed by atoms with van der Waals surface area (Å²) < 4.78 is 30.1. The normalized spacial score (nSPS) is 12.0. The molecule has 0 aliphatic carbocycles. The highest BCUT2D eigenvalue weighted by atomic mass is 79.9. The lowest BCUT2D eigenvalue weighted by Gasteiger charge is -2.34. The molecule has 4 aromatic carbocycles. The average molecular weight is 711 g/mol. The van der Waals surface area contributed by atoms with Crippen LogP contribution in [0.1, 0.15) is 30.5 Å². The number of nitrogens with one attached hydrogen (secondary N) is 1. The number of sulfonamides is 1. The molecule has 2 amide bonds. The Morgan fingerprint density at radius 3 is 2.07 bits per heavy atom. The lowest BCUT2D eigenvalue weighted by molar-refractivity contribution is -0.140. The fourth-order valence-electron chi connectivity index (χ4n) is 4.74. The van der Waals surface area contributed by atoms with E-state index < -0.39 is 28.5 Å². The highest BCUT2D eigenvalue weighted by Gasteiger charge is 2.34. The van der Waals surface area contributed by atoms with Crippen LogP contribution < -0.4 is 9.62 Å². The van der Waals surface area contributed by atoms with E-state index in [-0.39, 0.29) is 29.7 Å². The van der Waals surface area contributed by atoms with Crippen LogP contribution in [0.3, 0.4) is 0 Å². The van der Waals surface area contributed by atoms with Crippen LogP contribution in [0.5, 0.6) is 0 Å². The van der Waals surface area contributed by atoms with Crippen LogP contribution in [0.25, 0.3) is 0 Å². The molecule has 7 nitrogen and oxygen atoms in total.